The predicted octanol–water partition coefficient (Wildman–Crippen LogP) is 3.57. The van der Waals surface area contributed by atoms with Crippen molar-refractivity contribution in [3.05, 3.63) is 54.1 Å². The van der Waals surface area contributed by atoms with E-state index in [1.165, 1.54) is 19.2 Å². The number of nitrogens with zero attached hydrogens (tertiary/aromatic N) is 4. The minimum absolute atomic E-state index is 0.165. The van der Waals surface area contributed by atoms with Crippen LogP contribution in [-0.2, 0) is 0 Å². The lowest BCUT2D eigenvalue weighted by molar-refractivity contribution is 0.111. The van der Waals surface area contributed by atoms with E-state index in [-0.39, 0.29) is 17.2 Å². The highest BCUT2D eigenvalue weighted by atomic mass is 19.1. The standard InChI is InChI=1S/C20H16FN7O/c21-18-14(8-29)12(13-7-24-20-17(13)19(22)25-9-26-20)5-16(28-18)27-11-3-4-15(23-6-11)10-1-2-10/h3-10H,1-2H2,(H,27,28)(H3,22,24,25,26). The van der Waals surface area contributed by atoms with Crippen molar-refractivity contribution in [2.24, 2.45) is 0 Å². The van der Waals surface area contributed by atoms with Gasteiger partial charge in [0.15, 0.2) is 6.29 Å². The van der Waals surface area contributed by atoms with E-state index in [2.05, 4.69) is 30.2 Å². The number of fused-ring (bicyclic) bond motifs is 1. The first-order chi connectivity index (χ1) is 14.1. The van der Waals surface area contributed by atoms with Crippen molar-refractivity contribution >= 4 is 34.6 Å². The highest BCUT2D eigenvalue weighted by Crippen LogP contribution is 2.39. The Morgan fingerprint density at radius 3 is 2.79 bits per heavy atom. The Balaban J connectivity index is 1.58. The summed E-state index contributed by atoms with van der Waals surface area (Å²) < 4.78 is 14.6. The number of pyridine rings is 2. The number of aromatic amines is 1. The molecule has 0 spiro atoms. The molecule has 29 heavy (non-hydrogen) atoms. The summed E-state index contributed by atoms with van der Waals surface area (Å²) in [6.07, 6.45) is 7.41. The highest BCUT2D eigenvalue weighted by Gasteiger charge is 2.24. The number of anilines is 3. The fourth-order valence-electron chi connectivity index (χ4n) is 3.37. The smallest absolute Gasteiger partial charge is 0.226 e. The van der Waals surface area contributed by atoms with Gasteiger partial charge in [-0.05, 0) is 31.0 Å². The van der Waals surface area contributed by atoms with Crippen molar-refractivity contribution in [3.8, 4) is 11.1 Å². The Morgan fingerprint density at radius 2 is 2.07 bits per heavy atom. The Hall–Kier alpha value is -3.88. The first-order valence-corrected chi connectivity index (χ1v) is 9.10. The third-order valence-electron chi connectivity index (χ3n) is 4.97. The molecule has 0 radical (unpaired) electrons. The summed E-state index contributed by atoms with van der Waals surface area (Å²) in [5.74, 6) is 0.142. The number of nitrogen functional groups attached to an aromatic ring is 1. The molecule has 1 aliphatic rings. The molecular weight excluding hydrogens is 373 g/mol. The molecule has 4 N–H and O–H groups in total. The van der Waals surface area contributed by atoms with Crippen molar-refractivity contribution in [2.45, 2.75) is 18.8 Å². The summed E-state index contributed by atoms with van der Waals surface area (Å²) in [4.78, 5) is 30.9. The number of aromatic nitrogens is 5. The van der Waals surface area contributed by atoms with Gasteiger partial charge in [0.05, 0.1) is 22.8 Å². The largest absolute Gasteiger partial charge is 0.383 e. The van der Waals surface area contributed by atoms with Gasteiger partial charge in [0.2, 0.25) is 5.95 Å². The summed E-state index contributed by atoms with van der Waals surface area (Å²) >= 11 is 0. The van der Waals surface area contributed by atoms with E-state index >= 15 is 0 Å². The Bertz CT molecular complexity index is 1230. The van der Waals surface area contributed by atoms with Crippen LogP contribution in [0.3, 0.4) is 0 Å². The minimum atomic E-state index is -0.882. The zero-order valence-electron chi connectivity index (χ0n) is 15.2. The number of carbonyl (C=O) groups is 1. The Labute approximate surface area is 164 Å². The van der Waals surface area contributed by atoms with Crippen LogP contribution in [0.4, 0.5) is 21.7 Å². The number of aldehydes is 1. The van der Waals surface area contributed by atoms with Crippen molar-refractivity contribution in [1.29, 1.82) is 0 Å². The zero-order valence-corrected chi connectivity index (χ0v) is 15.2. The van der Waals surface area contributed by atoms with Gasteiger partial charge in [-0.1, -0.05) is 0 Å². The van der Waals surface area contributed by atoms with Gasteiger partial charge in [0.1, 0.15) is 23.6 Å². The van der Waals surface area contributed by atoms with E-state index in [4.69, 9.17) is 5.73 Å². The van der Waals surface area contributed by atoms with E-state index in [1.54, 1.807) is 18.5 Å². The van der Waals surface area contributed by atoms with Crippen LogP contribution in [0.25, 0.3) is 22.2 Å². The van der Waals surface area contributed by atoms with Crippen LogP contribution in [0, 0.1) is 5.95 Å². The maximum Gasteiger partial charge on any atom is 0.226 e. The van der Waals surface area contributed by atoms with Crippen molar-refractivity contribution in [1.82, 2.24) is 24.9 Å². The molecule has 5 rings (SSSR count). The normalized spacial score (nSPS) is 13.6. The van der Waals surface area contributed by atoms with Crippen LogP contribution >= 0.6 is 0 Å². The molecule has 9 heteroatoms. The lowest BCUT2D eigenvalue weighted by Crippen LogP contribution is -2.02. The second kappa shape index (κ2) is 6.62. The average molecular weight is 389 g/mol. The number of carbonyl (C=O) groups excluding carboxylic acids is 1. The molecule has 1 fully saturated rings. The SMILES string of the molecule is Nc1ncnc2[nH]cc(-c3cc(Nc4ccc(C5CC5)nc4)nc(F)c3C=O)c12. The number of nitrogens with two attached hydrogens (primary N) is 1. The molecule has 4 aromatic rings. The number of hydrogen-bond donors (Lipinski definition) is 3. The number of nitrogens with one attached hydrogen (secondary N) is 2. The molecule has 4 aromatic heterocycles. The molecule has 4 heterocycles. The predicted molar refractivity (Wildman–Crippen MR) is 106 cm³/mol. The highest BCUT2D eigenvalue weighted by molar-refractivity contribution is 6.03. The molecule has 0 bridgehead atoms. The van der Waals surface area contributed by atoms with Gasteiger partial charge in [-0.3, -0.25) is 9.78 Å². The topological polar surface area (TPSA) is 122 Å². The van der Waals surface area contributed by atoms with Crippen LogP contribution in [0.5, 0.6) is 0 Å². The second-order valence-corrected chi connectivity index (χ2v) is 6.93. The van der Waals surface area contributed by atoms with Gasteiger partial charge in [-0.2, -0.15) is 4.39 Å². The molecule has 0 unspecified atom stereocenters. The number of H-pyrrole nitrogens is 1. The quantitative estimate of drug-likeness (QED) is 0.352. The summed E-state index contributed by atoms with van der Waals surface area (Å²) in [6.45, 7) is 0. The van der Waals surface area contributed by atoms with Gasteiger partial charge < -0.3 is 16.0 Å². The van der Waals surface area contributed by atoms with E-state index in [1.807, 2.05) is 12.1 Å². The molecule has 0 aliphatic heterocycles. The van der Waals surface area contributed by atoms with E-state index < -0.39 is 5.95 Å². The number of hydrogen-bond acceptors (Lipinski definition) is 7. The summed E-state index contributed by atoms with van der Waals surface area (Å²) in [7, 11) is 0. The van der Waals surface area contributed by atoms with Crippen LogP contribution in [0.1, 0.15) is 34.8 Å². The van der Waals surface area contributed by atoms with Gasteiger partial charge >= 0.3 is 0 Å². The lowest BCUT2D eigenvalue weighted by Gasteiger charge is -2.11. The van der Waals surface area contributed by atoms with Crippen molar-refractivity contribution in [2.75, 3.05) is 11.1 Å². The minimum Gasteiger partial charge on any atom is -0.383 e. The molecule has 0 aromatic carbocycles. The first-order valence-electron chi connectivity index (χ1n) is 9.10. The van der Waals surface area contributed by atoms with E-state index in [9.17, 15) is 9.18 Å². The van der Waals surface area contributed by atoms with Gasteiger partial charge in [-0.15, -0.1) is 0 Å². The molecule has 0 atom stereocenters. The van der Waals surface area contributed by atoms with E-state index in [0.717, 1.165) is 5.69 Å². The number of halogens is 1. The van der Waals surface area contributed by atoms with Gasteiger partial charge in [0, 0.05) is 28.9 Å². The molecule has 144 valence electrons. The molecule has 0 amide bonds. The first kappa shape index (κ1) is 17.2. The monoisotopic (exact) mass is 389 g/mol. The van der Waals surface area contributed by atoms with Crippen LogP contribution in [-0.4, -0.2) is 31.2 Å². The maximum atomic E-state index is 14.6. The fourth-order valence-corrected chi connectivity index (χ4v) is 3.37. The summed E-state index contributed by atoms with van der Waals surface area (Å²) in [6, 6.07) is 5.43. The summed E-state index contributed by atoms with van der Waals surface area (Å²) in [5.41, 5.74) is 8.90. The molecule has 1 aliphatic carbocycles. The number of rotatable bonds is 5. The molecule has 1 saturated carbocycles. The van der Waals surface area contributed by atoms with Gasteiger partial charge in [-0.25, -0.2) is 15.0 Å². The van der Waals surface area contributed by atoms with Crippen LogP contribution < -0.4 is 11.1 Å². The van der Waals surface area contributed by atoms with Crippen LogP contribution in [0.15, 0.2) is 36.9 Å². The maximum absolute atomic E-state index is 14.6. The Kier molecular flexibility index (Phi) is 3.94. The summed E-state index contributed by atoms with van der Waals surface area (Å²) in [5, 5.41) is 3.56. The third-order valence-corrected chi connectivity index (χ3v) is 4.97. The van der Waals surface area contributed by atoms with Gasteiger partial charge in [0.25, 0.3) is 0 Å². The zero-order chi connectivity index (χ0) is 20.0. The van der Waals surface area contributed by atoms with Crippen molar-refractivity contribution < 1.29 is 9.18 Å². The third kappa shape index (κ3) is 3.06. The van der Waals surface area contributed by atoms with Crippen LogP contribution in [0.2, 0.25) is 0 Å². The lowest BCUT2D eigenvalue weighted by atomic mass is 10.0. The Morgan fingerprint density at radius 1 is 1.21 bits per heavy atom. The molecule has 0 saturated heterocycles. The molecule has 8 nitrogen and oxygen atoms in total. The average Bonchev–Trinajstić information content (AvgIpc) is 3.47. The van der Waals surface area contributed by atoms with E-state index in [0.29, 0.717) is 40.1 Å². The van der Waals surface area contributed by atoms with Crippen molar-refractivity contribution in [3.63, 3.8) is 0 Å². The fraction of sp³-hybridized carbons (Fsp3) is 0.150. The second-order valence-electron chi connectivity index (χ2n) is 6.93. The molecular formula is C20H16FN7O.